The normalized spacial score (nSPS) is 12.2. The van der Waals surface area contributed by atoms with Crippen molar-refractivity contribution in [2.24, 2.45) is 0 Å². The highest BCUT2D eigenvalue weighted by molar-refractivity contribution is 7.90. The predicted octanol–water partition coefficient (Wildman–Crippen LogP) is 5.08. The number of rotatable bonds is 6. The first-order chi connectivity index (χ1) is 11.6. The van der Waals surface area contributed by atoms with Gasteiger partial charge in [-0.15, -0.1) is 0 Å². The highest BCUT2D eigenvalue weighted by atomic mass is 32.2. The number of benzene rings is 2. The van der Waals surface area contributed by atoms with E-state index in [1.807, 2.05) is 36.4 Å². The summed E-state index contributed by atoms with van der Waals surface area (Å²) in [5.74, 6) is 0. The highest BCUT2D eigenvalue weighted by Gasteiger charge is 2.19. The quantitative estimate of drug-likeness (QED) is 0.587. The van der Waals surface area contributed by atoms with Crippen molar-refractivity contribution in [2.75, 3.05) is 0 Å². The number of allylic oxidation sites excluding steroid dienone is 1. The fourth-order valence-electron chi connectivity index (χ4n) is 2.75. The Morgan fingerprint density at radius 2 is 1.71 bits per heavy atom. The van der Waals surface area contributed by atoms with Gasteiger partial charge in [0.2, 0.25) is 0 Å². The molecular formula is C20H21NO2S. The monoisotopic (exact) mass is 339 g/mol. The van der Waals surface area contributed by atoms with Crippen LogP contribution in [0, 0.1) is 0 Å². The Balaban J connectivity index is 2.11. The second-order valence-corrected chi connectivity index (χ2v) is 7.58. The third kappa shape index (κ3) is 3.15. The molecule has 3 rings (SSSR count). The number of hydrogen-bond acceptors (Lipinski definition) is 2. The molecule has 4 heteroatoms. The van der Waals surface area contributed by atoms with Gasteiger partial charge in [-0.2, -0.15) is 0 Å². The Morgan fingerprint density at radius 3 is 2.46 bits per heavy atom. The predicted molar refractivity (Wildman–Crippen MR) is 99.5 cm³/mol. The second kappa shape index (κ2) is 7.05. The minimum absolute atomic E-state index is 0.298. The Labute approximate surface area is 143 Å². The van der Waals surface area contributed by atoms with Gasteiger partial charge in [0.25, 0.3) is 10.0 Å². The van der Waals surface area contributed by atoms with E-state index in [-0.39, 0.29) is 0 Å². The standard InChI is InChI=1S/C20H21NO2S/c1-2-3-4-6-11-17-16-21(20-15-10-9-14-19(17)20)24(22,23)18-12-7-5-8-13-18/h5-16H,2-4H2,1H3/b11-6+. The van der Waals surface area contributed by atoms with Crippen molar-refractivity contribution in [3.63, 3.8) is 0 Å². The molecule has 0 fully saturated rings. The molecule has 2 aromatic carbocycles. The van der Waals surface area contributed by atoms with Crippen LogP contribution < -0.4 is 0 Å². The molecule has 0 saturated carbocycles. The smallest absolute Gasteiger partial charge is 0.241 e. The van der Waals surface area contributed by atoms with Crippen LogP contribution in [0.3, 0.4) is 0 Å². The summed E-state index contributed by atoms with van der Waals surface area (Å²) in [7, 11) is -3.60. The van der Waals surface area contributed by atoms with Gasteiger partial charge >= 0.3 is 0 Å². The maximum atomic E-state index is 13.0. The van der Waals surface area contributed by atoms with Crippen LogP contribution in [-0.4, -0.2) is 12.4 Å². The lowest BCUT2D eigenvalue weighted by Gasteiger charge is -2.07. The van der Waals surface area contributed by atoms with Gasteiger partial charge in [-0.3, -0.25) is 0 Å². The topological polar surface area (TPSA) is 39.1 Å². The lowest BCUT2D eigenvalue weighted by molar-refractivity contribution is 0.589. The molecule has 0 radical (unpaired) electrons. The third-order valence-electron chi connectivity index (χ3n) is 4.03. The maximum Gasteiger partial charge on any atom is 0.268 e. The largest absolute Gasteiger partial charge is 0.268 e. The summed E-state index contributed by atoms with van der Waals surface area (Å²) in [6, 6.07) is 16.2. The SMILES string of the molecule is CCCC/C=C/c1cn(S(=O)(=O)c2ccccc2)c2ccccc12. The minimum atomic E-state index is -3.60. The van der Waals surface area contributed by atoms with Crippen LogP contribution in [0.15, 0.2) is 71.8 Å². The van der Waals surface area contributed by atoms with Crippen LogP contribution in [0.2, 0.25) is 0 Å². The van der Waals surface area contributed by atoms with Gasteiger partial charge in [-0.05, 0) is 24.6 Å². The molecule has 0 aliphatic rings. The van der Waals surface area contributed by atoms with Gasteiger partial charge in [0.1, 0.15) is 0 Å². The van der Waals surface area contributed by atoms with Crippen LogP contribution in [0.25, 0.3) is 17.0 Å². The van der Waals surface area contributed by atoms with E-state index in [0.717, 1.165) is 30.2 Å². The molecular weight excluding hydrogens is 318 g/mol. The zero-order valence-corrected chi connectivity index (χ0v) is 14.5. The van der Waals surface area contributed by atoms with Gasteiger partial charge in [0.15, 0.2) is 0 Å². The van der Waals surface area contributed by atoms with E-state index in [1.165, 1.54) is 3.97 Å². The van der Waals surface area contributed by atoms with Crippen molar-refractivity contribution in [1.82, 2.24) is 3.97 Å². The highest BCUT2D eigenvalue weighted by Crippen LogP contribution is 2.27. The van der Waals surface area contributed by atoms with Crippen LogP contribution in [0.1, 0.15) is 31.7 Å². The number of para-hydroxylation sites is 1. The Bertz CT molecular complexity index is 954. The molecule has 124 valence electrons. The third-order valence-corrected chi connectivity index (χ3v) is 5.72. The zero-order chi connectivity index (χ0) is 17.0. The molecule has 24 heavy (non-hydrogen) atoms. The molecule has 0 bridgehead atoms. The summed E-state index contributed by atoms with van der Waals surface area (Å²) in [6.07, 6.45) is 9.14. The van der Waals surface area contributed by atoms with Gasteiger partial charge < -0.3 is 0 Å². The van der Waals surface area contributed by atoms with E-state index >= 15 is 0 Å². The lowest BCUT2D eigenvalue weighted by atomic mass is 10.1. The average molecular weight is 339 g/mol. The van der Waals surface area contributed by atoms with E-state index in [1.54, 1.807) is 30.5 Å². The van der Waals surface area contributed by atoms with Crippen molar-refractivity contribution in [3.8, 4) is 0 Å². The number of aromatic nitrogens is 1. The molecule has 0 spiro atoms. The lowest BCUT2D eigenvalue weighted by Crippen LogP contribution is -2.11. The van der Waals surface area contributed by atoms with Gasteiger partial charge in [0.05, 0.1) is 10.4 Å². The Hall–Kier alpha value is -2.33. The number of hydrogen-bond donors (Lipinski definition) is 0. The van der Waals surface area contributed by atoms with Crippen molar-refractivity contribution in [1.29, 1.82) is 0 Å². The molecule has 0 N–H and O–H groups in total. The molecule has 0 aliphatic carbocycles. The molecule has 3 nitrogen and oxygen atoms in total. The fourth-order valence-corrected chi connectivity index (χ4v) is 4.14. The summed E-state index contributed by atoms with van der Waals surface area (Å²) < 4.78 is 27.3. The minimum Gasteiger partial charge on any atom is -0.241 e. The van der Waals surface area contributed by atoms with Gasteiger partial charge in [-0.1, -0.05) is 68.3 Å². The van der Waals surface area contributed by atoms with E-state index in [9.17, 15) is 8.42 Å². The molecule has 0 aliphatic heterocycles. The Morgan fingerprint density at radius 1 is 1.00 bits per heavy atom. The van der Waals surface area contributed by atoms with Crippen molar-refractivity contribution >= 4 is 27.0 Å². The van der Waals surface area contributed by atoms with Crippen molar-refractivity contribution in [3.05, 3.63) is 72.4 Å². The average Bonchev–Trinajstić information content (AvgIpc) is 2.99. The first-order valence-corrected chi connectivity index (χ1v) is 9.66. The van der Waals surface area contributed by atoms with Gasteiger partial charge in [-0.25, -0.2) is 12.4 Å². The molecule has 0 saturated heterocycles. The van der Waals surface area contributed by atoms with Crippen molar-refractivity contribution < 1.29 is 8.42 Å². The summed E-state index contributed by atoms with van der Waals surface area (Å²) in [4.78, 5) is 0.298. The molecule has 0 atom stereocenters. The molecule has 1 heterocycles. The van der Waals surface area contributed by atoms with Crippen LogP contribution in [0.5, 0.6) is 0 Å². The van der Waals surface area contributed by atoms with Crippen molar-refractivity contribution in [2.45, 2.75) is 31.1 Å². The summed E-state index contributed by atoms with van der Waals surface area (Å²) >= 11 is 0. The molecule has 3 aromatic rings. The number of fused-ring (bicyclic) bond motifs is 1. The van der Waals surface area contributed by atoms with Crippen LogP contribution in [-0.2, 0) is 10.0 Å². The first-order valence-electron chi connectivity index (χ1n) is 8.22. The van der Waals surface area contributed by atoms with E-state index in [2.05, 4.69) is 13.0 Å². The summed E-state index contributed by atoms with van der Waals surface area (Å²) in [5.41, 5.74) is 1.64. The van der Waals surface area contributed by atoms with Crippen LogP contribution >= 0.6 is 0 Å². The summed E-state index contributed by atoms with van der Waals surface area (Å²) in [5, 5.41) is 0.949. The first kappa shape index (κ1) is 16.5. The molecule has 0 unspecified atom stereocenters. The van der Waals surface area contributed by atoms with E-state index in [0.29, 0.717) is 10.4 Å². The second-order valence-electron chi connectivity index (χ2n) is 5.76. The van der Waals surface area contributed by atoms with E-state index in [4.69, 9.17) is 0 Å². The van der Waals surface area contributed by atoms with Gasteiger partial charge in [0, 0.05) is 17.1 Å². The molecule has 1 aromatic heterocycles. The molecule has 0 amide bonds. The maximum absolute atomic E-state index is 13.0. The zero-order valence-electron chi connectivity index (χ0n) is 13.7. The number of unbranched alkanes of at least 4 members (excludes halogenated alkanes) is 2. The van der Waals surface area contributed by atoms with E-state index < -0.39 is 10.0 Å². The fraction of sp³-hybridized carbons (Fsp3) is 0.200. The summed E-state index contributed by atoms with van der Waals surface area (Å²) in [6.45, 7) is 2.16. The Kier molecular flexibility index (Phi) is 4.86. The number of nitrogens with zero attached hydrogens (tertiary/aromatic N) is 1. The van der Waals surface area contributed by atoms with Crippen LogP contribution in [0.4, 0.5) is 0 Å².